The van der Waals surface area contributed by atoms with Gasteiger partial charge in [0.15, 0.2) is 15.0 Å². The smallest absolute Gasteiger partial charge is 0.152 e. The molecule has 0 saturated carbocycles. The molecule has 1 N–H and O–H groups in total. The van der Waals surface area contributed by atoms with Crippen molar-refractivity contribution in [3.8, 4) is 0 Å². The van der Waals surface area contributed by atoms with Crippen LogP contribution in [-0.4, -0.2) is 118 Å². The zero-order chi connectivity index (χ0) is 23.9. The Morgan fingerprint density at radius 1 is 0.939 bits per heavy atom. The normalized spacial score (nSPS) is 16.6. The van der Waals surface area contributed by atoms with Crippen LogP contribution in [0.5, 0.6) is 0 Å². The van der Waals surface area contributed by atoms with Gasteiger partial charge in [0, 0.05) is 32.2 Å². The number of hydrogen-bond donors (Lipinski definition) is 1. The van der Waals surface area contributed by atoms with Crippen molar-refractivity contribution in [2.75, 3.05) is 84.0 Å². The second-order valence-electron chi connectivity index (χ2n) is 8.04. The molecule has 13 heteroatoms. The molecule has 0 bridgehead atoms. The van der Waals surface area contributed by atoms with Gasteiger partial charge in [-0.05, 0) is 0 Å². The third-order valence-electron chi connectivity index (χ3n) is 4.91. The molecule has 192 valence electrons. The predicted octanol–water partition coefficient (Wildman–Crippen LogP) is 0.226. The highest BCUT2D eigenvalue weighted by Gasteiger charge is 2.23. The monoisotopic (exact) mass is 511 g/mol. The lowest BCUT2D eigenvalue weighted by Crippen LogP contribution is -2.39. The van der Waals surface area contributed by atoms with Gasteiger partial charge in [-0.25, -0.2) is 13.1 Å². The number of aromatic nitrogens is 3. The Hall–Kier alpha value is -0.860. The van der Waals surface area contributed by atoms with Gasteiger partial charge in [0.1, 0.15) is 5.69 Å². The third kappa shape index (κ3) is 12.4. The van der Waals surface area contributed by atoms with E-state index in [4.69, 9.17) is 30.5 Å². The van der Waals surface area contributed by atoms with Crippen molar-refractivity contribution in [2.24, 2.45) is 0 Å². The van der Waals surface area contributed by atoms with Gasteiger partial charge in [-0.1, -0.05) is 30.7 Å². The summed E-state index contributed by atoms with van der Waals surface area (Å²) in [5, 5.41) is 11.9. The molecule has 1 aliphatic heterocycles. The second kappa shape index (κ2) is 15.9. The molecular formula is C20H38ClN5O6S. The van der Waals surface area contributed by atoms with E-state index < -0.39 is 9.84 Å². The second-order valence-corrected chi connectivity index (χ2v) is 10.7. The molecule has 0 unspecified atom stereocenters. The fraction of sp³-hybridized carbons (Fsp3) is 0.900. The van der Waals surface area contributed by atoms with E-state index in [1.165, 1.54) is 0 Å². The van der Waals surface area contributed by atoms with Crippen LogP contribution in [0, 0.1) is 0 Å². The highest BCUT2D eigenvalue weighted by atomic mass is 35.5. The Labute approximate surface area is 201 Å². The molecule has 11 nitrogen and oxygen atoms in total. The van der Waals surface area contributed by atoms with E-state index in [1.807, 2.05) is 4.90 Å². The maximum Gasteiger partial charge on any atom is 0.152 e. The fourth-order valence-electron chi connectivity index (χ4n) is 3.03. The third-order valence-corrected chi connectivity index (χ3v) is 6.93. The number of nitrogens with one attached hydrogen (secondary N) is 1. The van der Waals surface area contributed by atoms with Crippen LogP contribution in [0.3, 0.4) is 0 Å². The lowest BCUT2D eigenvalue weighted by Gasteiger charge is -2.25. The average molecular weight is 512 g/mol. The summed E-state index contributed by atoms with van der Waals surface area (Å²) in [4.78, 5) is 2.03. The van der Waals surface area contributed by atoms with Crippen LogP contribution in [-0.2, 0) is 41.9 Å². The van der Waals surface area contributed by atoms with Gasteiger partial charge in [-0.3, -0.25) is 4.90 Å². The molecule has 0 atom stereocenters. The van der Waals surface area contributed by atoms with Gasteiger partial charge < -0.3 is 24.3 Å². The van der Waals surface area contributed by atoms with Crippen LogP contribution in [0.4, 0.5) is 0 Å². The van der Waals surface area contributed by atoms with Crippen molar-refractivity contribution in [3.05, 3.63) is 10.8 Å². The van der Waals surface area contributed by atoms with Gasteiger partial charge in [0.2, 0.25) is 0 Å². The molecule has 33 heavy (non-hydrogen) atoms. The number of halogens is 1. The van der Waals surface area contributed by atoms with E-state index in [2.05, 4.69) is 29.5 Å². The van der Waals surface area contributed by atoms with E-state index in [0.29, 0.717) is 95.9 Å². The summed E-state index contributed by atoms with van der Waals surface area (Å²) in [7, 11) is -2.90. The molecule has 0 amide bonds. The van der Waals surface area contributed by atoms with Crippen molar-refractivity contribution in [3.63, 3.8) is 0 Å². The molecule has 1 aromatic rings. The van der Waals surface area contributed by atoms with Crippen LogP contribution in [0.25, 0.3) is 0 Å². The summed E-state index contributed by atoms with van der Waals surface area (Å²) in [5.74, 6) is 0.345. The zero-order valence-corrected chi connectivity index (χ0v) is 21.3. The van der Waals surface area contributed by atoms with Crippen LogP contribution in [0.1, 0.15) is 19.5 Å². The van der Waals surface area contributed by atoms with Crippen molar-refractivity contribution in [1.29, 1.82) is 0 Å². The minimum Gasteiger partial charge on any atom is -0.378 e. The molecule has 0 aromatic carbocycles. The molecule has 0 aliphatic carbocycles. The van der Waals surface area contributed by atoms with Gasteiger partial charge in [0.05, 0.1) is 70.9 Å². The molecule has 2 rings (SSSR count). The SMILES string of the molecule is CC(C)NCCOCCOCCOCCOCCn1nnc(CN2CCS(=O)(=O)CC2)c1Cl. The summed E-state index contributed by atoms with van der Waals surface area (Å²) in [6.07, 6.45) is 0. The minimum atomic E-state index is -2.90. The Morgan fingerprint density at radius 3 is 2.06 bits per heavy atom. The summed E-state index contributed by atoms with van der Waals surface area (Å²) >= 11 is 6.36. The van der Waals surface area contributed by atoms with Gasteiger partial charge in [0.25, 0.3) is 0 Å². The Morgan fingerprint density at radius 2 is 1.48 bits per heavy atom. The number of rotatable bonds is 18. The predicted molar refractivity (Wildman–Crippen MR) is 125 cm³/mol. The van der Waals surface area contributed by atoms with Crippen molar-refractivity contribution in [2.45, 2.75) is 33.0 Å². The Balaban J connectivity index is 1.42. The first-order chi connectivity index (χ1) is 15.9. The topological polar surface area (TPSA) is 117 Å². The number of sulfone groups is 1. The Kier molecular flexibility index (Phi) is 13.7. The fourth-order valence-corrected chi connectivity index (χ4v) is 4.52. The summed E-state index contributed by atoms with van der Waals surface area (Å²) in [6.45, 7) is 11.2. The molecular weight excluding hydrogens is 474 g/mol. The number of nitrogens with zero attached hydrogens (tertiary/aromatic N) is 4. The lowest BCUT2D eigenvalue weighted by molar-refractivity contribution is -0.00251. The average Bonchev–Trinajstić information content (AvgIpc) is 3.11. The molecule has 0 radical (unpaired) electrons. The molecule has 1 fully saturated rings. The van der Waals surface area contributed by atoms with Crippen LogP contribution in [0.15, 0.2) is 0 Å². The van der Waals surface area contributed by atoms with Crippen LogP contribution >= 0.6 is 11.6 Å². The standard InChI is InChI=1S/C20H38ClN5O6S/c1-18(2)22-3-7-29-9-11-31-13-14-32-12-10-30-8-4-26-20(21)19(23-24-26)17-25-5-15-33(27,28)16-6-25/h18,22H,3-17H2,1-2H3. The highest BCUT2D eigenvalue weighted by molar-refractivity contribution is 7.91. The summed E-state index contributed by atoms with van der Waals surface area (Å²) < 4.78 is 46.6. The molecule has 1 aromatic heterocycles. The van der Waals surface area contributed by atoms with Crippen LogP contribution < -0.4 is 5.32 Å². The van der Waals surface area contributed by atoms with Gasteiger partial charge >= 0.3 is 0 Å². The van der Waals surface area contributed by atoms with Gasteiger partial charge in [-0.15, -0.1) is 5.10 Å². The minimum absolute atomic E-state index is 0.172. The number of ether oxygens (including phenoxy) is 4. The number of hydrogen-bond acceptors (Lipinski definition) is 10. The molecule has 1 saturated heterocycles. The lowest BCUT2D eigenvalue weighted by atomic mass is 10.4. The summed E-state index contributed by atoms with van der Waals surface area (Å²) in [6, 6.07) is 0.472. The first-order valence-electron chi connectivity index (χ1n) is 11.4. The van der Waals surface area contributed by atoms with Crippen molar-refractivity contribution in [1.82, 2.24) is 25.2 Å². The van der Waals surface area contributed by atoms with E-state index in [0.717, 1.165) is 6.54 Å². The summed E-state index contributed by atoms with van der Waals surface area (Å²) in [5.41, 5.74) is 0.650. The van der Waals surface area contributed by atoms with E-state index in [-0.39, 0.29) is 11.5 Å². The maximum atomic E-state index is 11.5. The first-order valence-corrected chi connectivity index (χ1v) is 13.6. The zero-order valence-electron chi connectivity index (χ0n) is 19.7. The Bertz CT molecular complexity index is 750. The quantitative estimate of drug-likeness (QED) is 0.274. The van der Waals surface area contributed by atoms with Crippen LogP contribution in [0.2, 0.25) is 5.15 Å². The first kappa shape index (κ1) is 28.4. The van der Waals surface area contributed by atoms with Crippen molar-refractivity contribution < 1.29 is 27.4 Å². The maximum absolute atomic E-state index is 11.5. The van der Waals surface area contributed by atoms with E-state index in [1.54, 1.807) is 4.68 Å². The van der Waals surface area contributed by atoms with Crippen molar-refractivity contribution >= 4 is 21.4 Å². The van der Waals surface area contributed by atoms with Gasteiger partial charge in [-0.2, -0.15) is 0 Å². The van der Waals surface area contributed by atoms with E-state index >= 15 is 0 Å². The molecule has 2 heterocycles. The molecule has 1 aliphatic rings. The molecule has 0 spiro atoms. The highest BCUT2D eigenvalue weighted by Crippen LogP contribution is 2.16. The van der Waals surface area contributed by atoms with E-state index in [9.17, 15) is 8.42 Å². The largest absolute Gasteiger partial charge is 0.378 e.